The maximum atomic E-state index is 12.7. The molecule has 0 spiro atoms. The van der Waals surface area contributed by atoms with Crippen molar-refractivity contribution >= 4 is 68.9 Å². The van der Waals surface area contributed by atoms with Crippen LogP contribution < -0.4 is 21.3 Å². The Morgan fingerprint density at radius 3 is 2.52 bits per heavy atom. The Morgan fingerprint density at radius 2 is 1.85 bits per heavy atom. The minimum atomic E-state index is -0.914. The molecule has 0 aromatic carbocycles. The summed E-state index contributed by atoms with van der Waals surface area (Å²) in [5, 5.41) is 21.7. The molecular formula is C22H35I2N5O4. The molecule has 2 aliphatic carbocycles. The number of hydrogen-bond acceptors (Lipinski definition) is 6. The molecule has 5 N–H and O–H groups in total. The summed E-state index contributed by atoms with van der Waals surface area (Å²) in [5.74, 6) is -0.520. The average Bonchev–Trinajstić information content (AvgIpc) is 2.77. The summed E-state index contributed by atoms with van der Waals surface area (Å²) >= 11 is 4.84. The van der Waals surface area contributed by atoms with Gasteiger partial charge in [0.15, 0.2) is 5.96 Å². The van der Waals surface area contributed by atoms with Gasteiger partial charge in [-0.15, -0.1) is 0 Å². The summed E-state index contributed by atoms with van der Waals surface area (Å²) < 4.78 is 0.970. The molecule has 5 atom stereocenters. The molecule has 11 heteroatoms. The lowest BCUT2D eigenvalue weighted by Crippen LogP contribution is -2.50. The monoisotopic (exact) mass is 687 g/mol. The van der Waals surface area contributed by atoms with E-state index in [9.17, 15) is 19.5 Å². The van der Waals surface area contributed by atoms with Crippen molar-refractivity contribution in [2.45, 2.75) is 77.7 Å². The van der Waals surface area contributed by atoms with Crippen LogP contribution in [0.15, 0.2) is 4.99 Å². The summed E-state index contributed by atoms with van der Waals surface area (Å²) in [7, 11) is 0. The molecule has 1 heterocycles. The molecule has 2 saturated carbocycles. The number of rotatable bonds is 8. The lowest BCUT2D eigenvalue weighted by molar-refractivity contribution is -0.138. The smallest absolute Gasteiger partial charge is 0.305 e. The number of alkyl halides is 2. The van der Waals surface area contributed by atoms with Crippen LogP contribution in [0.25, 0.3) is 0 Å². The van der Waals surface area contributed by atoms with Gasteiger partial charge in [0.25, 0.3) is 0 Å². The number of carboxylic acid groups (broad SMARTS) is 1. The second-order valence-electron chi connectivity index (χ2n) is 9.37. The molecule has 0 aromatic heterocycles. The fraction of sp³-hybridized carbons (Fsp3) is 0.818. The van der Waals surface area contributed by atoms with Crippen LogP contribution in [0.4, 0.5) is 0 Å². The number of aliphatic imine (C=N–C) groups is 1. The van der Waals surface area contributed by atoms with Crippen molar-refractivity contribution in [3.05, 3.63) is 0 Å². The average molecular weight is 687 g/mol. The van der Waals surface area contributed by atoms with E-state index in [0.717, 1.165) is 64.0 Å². The summed E-state index contributed by atoms with van der Waals surface area (Å²) in [6, 6.07) is -0.213. The predicted octanol–water partition coefficient (Wildman–Crippen LogP) is 1.97. The molecule has 3 rings (SSSR count). The van der Waals surface area contributed by atoms with Crippen LogP contribution >= 0.6 is 45.2 Å². The Labute approximate surface area is 222 Å². The van der Waals surface area contributed by atoms with Crippen molar-refractivity contribution in [2.24, 2.45) is 16.8 Å². The molecule has 186 valence electrons. The summed E-state index contributed by atoms with van der Waals surface area (Å²) in [6.07, 6.45) is 7.34. The highest BCUT2D eigenvalue weighted by atomic mass is 127. The first-order chi connectivity index (χ1) is 15.8. The zero-order valence-corrected chi connectivity index (χ0v) is 23.1. The SMILES string of the molecule is O=C(O)CC(NC(=O)CNC(=O)C1CCCC(NC2=NCCCN2)C1)C1CC(I)CC(I)C1. The van der Waals surface area contributed by atoms with Gasteiger partial charge in [0.2, 0.25) is 11.8 Å². The van der Waals surface area contributed by atoms with Crippen molar-refractivity contribution in [3.8, 4) is 0 Å². The number of carbonyl (C=O) groups is 3. The topological polar surface area (TPSA) is 132 Å². The molecule has 33 heavy (non-hydrogen) atoms. The fourth-order valence-electron chi connectivity index (χ4n) is 5.03. The van der Waals surface area contributed by atoms with E-state index in [1.807, 2.05) is 0 Å². The molecular weight excluding hydrogens is 652 g/mol. The summed E-state index contributed by atoms with van der Waals surface area (Å²) in [5.41, 5.74) is 0. The van der Waals surface area contributed by atoms with Crippen LogP contribution in [-0.4, -0.2) is 68.4 Å². The van der Waals surface area contributed by atoms with Crippen LogP contribution in [-0.2, 0) is 14.4 Å². The zero-order chi connectivity index (χ0) is 23.8. The first-order valence-corrected chi connectivity index (χ1v) is 14.4. The highest BCUT2D eigenvalue weighted by Crippen LogP contribution is 2.36. The van der Waals surface area contributed by atoms with Crippen molar-refractivity contribution in [3.63, 3.8) is 0 Å². The molecule has 2 fully saturated rings. The van der Waals surface area contributed by atoms with Gasteiger partial charge in [-0.25, -0.2) is 0 Å². The van der Waals surface area contributed by atoms with Gasteiger partial charge in [-0.3, -0.25) is 19.4 Å². The lowest BCUT2D eigenvalue weighted by Gasteiger charge is -2.35. The number of halogens is 2. The Morgan fingerprint density at radius 1 is 1.09 bits per heavy atom. The van der Waals surface area contributed by atoms with Crippen molar-refractivity contribution < 1.29 is 19.5 Å². The molecule has 0 bridgehead atoms. The van der Waals surface area contributed by atoms with Gasteiger partial charge >= 0.3 is 5.97 Å². The number of carbonyl (C=O) groups excluding carboxylic acids is 2. The Kier molecular flexibility index (Phi) is 10.8. The van der Waals surface area contributed by atoms with Gasteiger partial charge in [-0.05, 0) is 50.9 Å². The first kappa shape index (κ1) is 26.7. The van der Waals surface area contributed by atoms with E-state index in [0.29, 0.717) is 14.3 Å². The standard InChI is InChI=1S/C22H35I2N5O4/c23-15-7-14(8-16(24)10-15)18(11-20(31)32)29-19(30)12-27-21(33)13-3-1-4-17(9-13)28-22-25-5-2-6-26-22/h13-18H,1-12H2,(H,27,33)(H,29,30)(H,31,32)(H2,25,26,28). The van der Waals surface area contributed by atoms with Gasteiger partial charge in [0, 0.05) is 38.9 Å². The van der Waals surface area contributed by atoms with Crippen molar-refractivity contribution in [1.82, 2.24) is 21.3 Å². The molecule has 0 aromatic rings. The van der Waals surface area contributed by atoms with E-state index < -0.39 is 12.0 Å². The van der Waals surface area contributed by atoms with Crippen molar-refractivity contribution in [1.29, 1.82) is 0 Å². The van der Waals surface area contributed by atoms with E-state index in [4.69, 9.17) is 0 Å². The van der Waals surface area contributed by atoms with Crippen LogP contribution in [0.1, 0.15) is 57.8 Å². The highest BCUT2D eigenvalue weighted by Gasteiger charge is 2.34. The van der Waals surface area contributed by atoms with Crippen LogP contribution in [0.3, 0.4) is 0 Å². The van der Waals surface area contributed by atoms with Gasteiger partial charge < -0.3 is 26.4 Å². The highest BCUT2D eigenvalue weighted by molar-refractivity contribution is 14.1. The predicted molar refractivity (Wildman–Crippen MR) is 144 cm³/mol. The molecule has 3 aliphatic rings. The third-order valence-corrected chi connectivity index (χ3v) is 8.68. The number of guanidine groups is 1. The first-order valence-electron chi connectivity index (χ1n) is 11.9. The van der Waals surface area contributed by atoms with Gasteiger partial charge in [0.05, 0.1) is 13.0 Å². The number of hydrogen-bond donors (Lipinski definition) is 5. The third kappa shape index (κ3) is 9.02. The number of nitrogens with one attached hydrogen (secondary N) is 4. The summed E-state index contributed by atoms with van der Waals surface area (Å²) in [6.45, 7) is 1.62. The molecule has 2 amide bonds. The maximum Gasteiger partial charge on any atom is 0.305 e. The molecule has 5 unspecified atom stereocenters. The number of amides is 2. The van der Waals surface area contributed by atoms with Gasteiger partial charge in [-0.2, -0.15) is 0 Å². The van der Waals surface area contributed by atoms with Crippen LogP contribution in [0.5, 0.6) is 0 Å². The maximum absolute atomic E-state index is 12.7. The Balaban J connectivity index is 1.46. The van der Waals surface area contributed by atoms with E-state index in [-0.39, 0.29) is 42.7 Å². The largest absolute Gasteiger partial charge is 0.481 e. The number of carboxylic acids is 1. The second kappa shape index (κ2) is 13.3. The molecule has 1 aliphatic heterocycles. The lowest BCUT2D eigenvalue weighted by atomic mass is 9.82. The Bertz CT molecular complexity index is 728. The fourth-order valence-corrected chi connectivity index (χ4v) is 8.53. The van der Waals surface area contributed by atoms with Crippen molar-refractivity contribution in [2.75, 3.05) is 19.6 Å². The van der Waals surface area contributed by atoms with E-state index in [2.05, 4.69) is 71.4 Å². The number of nitrogens with zero attached hydrogens (tertiary/aromatic N) is 1. The van der Waals surface area contributed by atoms with Gasteiger partial charge in [-0.1, -0.05) is 51.6 Å². The molecule has 0 saturated heterocycles. The van der Waals surface area contributed by atoms with Crippen LogP contribution in [0.2, 0.25) is 0 Å². The van der Waals surface area contributed by atoms with Crippen LogP contribution in [0, 0.1) is 11.8 Å². The van der Waals surface area contributed by atoms with E-state index in [1.54, 1.807) is 0 Å². The van der Waals surface area contributed by atoms with Gasteiger partial charge in [0.1, 0.15) is 0 Å². The Hall–Kier alpha value is -0.860. The molecule has 0 radical (unpaired) electrons. The number of aliphatic carboxylic acids is 1. The summed E-state index contributed by atoms with van der Waals surface area (Å²) in [4.78, 5) is 41.2. The second-order valence-corrected chi connectivity index (χ2v) is 12.9. The minimum Gasteiger partial charge on any atom is -0.481 e. The van der Waals surface area contributed by atoms with E-state index >= 15 is 0 Å². The minimum absolute atomic E-state index is 0.0923. The normalized spacial score (nSPS) is 30.8. The van der Waals surface area contributed by atoms with E-state index in [1.165, 1.54) is 0 Å². The quantitative estimate of drug-likeness (QED) is 0.196. The molecule has 9 nitrogen and oxygen atoms in total. The zero-order valence-electron chi connectivity index (χ0n) is 18.8. The third-order valence-electron chi connectivity index (χ3n) is 6.64.